The lowest BCUT2D eigenvalue weighted by molar-refractivity contribution is 0.354. The molecular formula is C21H28N4O2S2. The second-order valence-electron chi connectivity index (χ2n) is 6.68. The fourth-order valence-electron chi connectivity index (χ4n) is 2.63. The van der Waals surface area contributed by atoms with Gasteiger partial charge in [-0.05, 0) is 72.2 Å². The van der Waals surface area contributed by atoms with E-state index in [9.17, 15) is 0 Å². The summed E-state index contributed by atoms with van der Waals surface area (Å²) in [7, 11) is 3.25. The molecule has 4 N–H and O–H groups in total. The van der Waals surface area contributed by atoms with Crippen LogP contribution in [0.5, 0.6) is 11.5 Å². The minimum atomic E-state index is 0.436. The second-order valence-corrected chi connectivity index (χ2v) is 7.49. The van der Waals surface area contributed by atoms with Gasteiger partial charge in [0.25, 0.3) is 0 Å². The van der Waals surface area contributed by atoms with E-state index in [1.165, 1.54) is 5.56 Å². The third-order valence-corrected chi connectivity index (χ3v) is 4.72. The van der Waals surface area contributed by atoms with Crippen LogP contribution in [-0.4, -0.2) is 31.0 Å². The van der Waals surface area contributed by atoms with Crippen molar-refractivity contribution in [1.29, 1.82) is 0 Å². The Morgan fingerprint density at radius 3 is 2.17 bits per heavy atom. The van der Waals surface area contributed by atoms with Gasteiger partial charge in [0.05, 0.1) is 14.2 Å². The summed E-state index contributed by atoms with van der Waals surface area (Å²) in [5.41, 5.74) is 9.08. The largest absolute Gasteiger partial charge is 0.493 e. The van der Waals surface area contributed by atoms with Gasteiger partial charge in [-0.3, -0.25) is 10.9 Å². The maximum absolute atomic E-state index is 5.32. The van der Waals surface area contributed by atoms with E-state index in [1.54, 1.807) is 14.2 Å². The molecule has 8 heteroatoms. The van der Waals surface area contributed by atoms with Gasteiger partial charge in [-0.15, -0.1) is 0 Å². The predicted octanol–water partition coefficient (Wildman–Crippen LogP) is 3.74. The number of thiocarbonyl (C=S) groups is 2. The summed E-state index contributed by atoms with van der Waals surface area (Å²) in [4.78, 5) is 0. The highest BCUT2D eigenvalue weighted by Gasteiger charge is 2.05. The van der Waals surface area contributed by atoms with Crippen LogP contribution in [0.3, 0.4) is 0 Å². The first-order valence-corrected chi connectivity index (χ1v) is 10.2. The molecule has 2 aromatic carbocycles. The molecule has 0 fully saturated rings. The average molecular weight is 433 g/mol. The van der Waals surface area contributed by atoms with Crippen molar-refractivity contribution < 1.29 is 9.47 Å². The van der Waals surface area contributed by atoms with E-state index in [0.717, 1.165) is 17.7 Å². The number of benzene rings is 2. The highest BCUT2D eigenvalue weighted by Crippen LogP contribution is 2.27. The lowest BCUT2D eigenvalue weighted by Crippen LogP contribution is -2.48. The highest BCUT2D eigenvalue weighted by molar-refractivity contribution is 7.80. The van der Waals surface area contributed by atoms with E-state index in [2.05, 4.69) is 47.5 Å². The minimum Gasteiger partial charge on any atom is -0.493 e. The van der Waals surface area contributed by atoms with Crippen molar-refractivity contribution >= 4 is 40.3 Å². The van der Waals surface area contributed by atoms with Gasteiger partial charge >= 0.3 is 0 Å². The molecule has 6 nitrogen and oxygen atoms in total. The van der Waals surface area contributed by atoms with Crippen molar-refractivity contribution in [1.82, 2.24) is 16.2 Å². The van der Waals surface area contributed by atoms with Crippen molar-refractivity contribution in [3.8, 4) is 11.5 Å². The molecule has 0 saturated heterocycles. The molecule has 2 aromatic rings. The quantitative estimate of drug-likeness (QED) is 0.390. The zero-order chi connectivity index (χ0) is 21.2. The van der Waals surface area contributed by atoms with Crippen molar-refractivity contribution in [3.05, 3.63) is 53.6 Å². The normalized spacial score (nSPS) is 10.2. The summed E-state index contributed by atoms with van der Waals surface area (Å²) in [6.45, 7) is 5.00. The van der Waals surface area contributed by atoms with Crippen LogP contribution in [0.15, 0.2) is 42.5 Å². The van der Waals surface area contributed by atoms with Crippen LogP contribution in [0.4, 0.5) is 5.69 Å². The van der Waals surface area contributed by atoms with Crippen molar-refractivity contribution in [2.45, 2.75) is 26.2 Å². The summed E-state index contributed by atoms with van der Waals surface area (Å²) in [6, 6.07) is 14.0. The summed E-state index contributed by atoms with van der Waals surface area (Å²) in [5, 5.41) is 7.15. The van der Waals surface area contributed by atoms with E-state index >= 15 is 0 Å². The minimum absolute atomic E-state index is 0.436. The molecule has 0 amide bonds. The Labute approximate surface area is 183 Å². The van der Waals surface area contributed by atoms with Gasteiger partial charge in [0, 0.05) is 12.2 Å². The number of methoxy groups -OCH3 is 2. The van der Waals surface area contributed by atoms with Crippen LogP contribution in [0.2, 0.25) is 0 Å². The van der Waals surface area contributed by atoms with Crippen LogP contribution in [0.25, 0.3) is 0 Å². The smallest absolute Gasteiger partial charge is 0.189 e. The van der Waals surface area contributed by atoms with E-state index in [1.807, 2.05) is 30.3 Å². The van der Waals surface area contributed by atoms with Gasteiger partial charge in [-0.1, -0.05) is 32.0 Å². The number of hydrogen-bond donors (Lipinski definition) is 4. The number of anilines is 1. The van der Waals surface area contributed by atoms with Crippen LogP contribution >= 0.6 is 24.4 Å². The van der Waals surface area contributed by atoms with E-state index in [0.29, 0.717) is 34.2 Å². The first-order valence-electron chi connectivity index (χ1n) is 9.34. The maximum Gasteiger partial charge on any atom is 0.189 e. The zero-order valence-corrected chi connectivity index (χ0v) is 18.8. The second kappa shape index (κ2) is 11.4. The molecule has 0 unspecified atom stereocenters. The number of hydrogen-bond acceptors (Lipinski definition) is 4. The van der Waals surface area contributed by atoms with Crippen molar-refractivity contribution in [2.24, 2.45) is 0 Å². The molecule has 0 heterocycles. The Morgan fingerprint density at radius 2 is 1.55 bits per heavy atom. The van der Waals surface area contributed by atoms with Crippen molar-refractivity contribution in [2.75, 3.05) is 26.1 Å². The van der Waals surface area contributed by atoms with Gasteiger partial charge in [0.2, 0.25) is 0 Å². The third-order valence-electron chi connectivity index (χ3n) is 4.27. The van der Waals surface area contributed by atoms with Crippen LogP contribution in [0, 0.1) is 0 Å². The fraction of sp³-hybridized carbons (Fsp3) is 0.333. The molecule has 156 valence electrons. The SMILES string of the molecule is COc1ccc(CCNC(=S)NNC(=S)Nc2ccc(C(C)C)cc2)cc1OC. The number of rotatable bonds is 7. The standard InChI is InChI=1S/C21H28N4O2S2/c1-14(2)16-6-8-17(9-7-16)23-21(29)25-24-20(28)22-12-11-15-5-10-18(26-3)19(13-15)27-4/h5-10,13-14H,11-12H2,1-4H3,(H2,22,24,28)(H2,23,25,29). The first kappa shape index (κ1) is 22.7. The molecule has 0 aliphatic carbocycles. The third kappa shape index (κ3) is 7.40. The lowest BCUT2D eigenvalue weighted by atomic mass is 10.0. The average Bonchev–Trinajstić information content (AvgIpc) is 2.72. The molecule has 0 aliphatic rings. The Morgan fingerprint density at radius 1 is 0.897 bits per heavy atom. The number of ether oxygens (including phenoxy) is 2. The van der Waals surface area contributed by atoms with Gasteiger partial charge in [0.1, 0.15) is 0 Å². The Hall–Kier alpha value is -2.58. The van der Waals surface area contributed by atoms with Gasteiger partial charge < -0.3 is 20.1 Å². The molecule has 0 spiro atoms. The Bertz CT molecular complexity index is 826. The van der Waals surface area contributed by atoms with E-state index in [-0.39, 0.29) is 0 Å². The van der Waals surface area contributed by atoms with Crippen LogP contribution in [0.1, 0.15) is 30.9 Å². The maximum atomic E-state index is 5.32. The number of hydrazine groups is 1. The summed E-state index contributed by atoms with van der Waals surface area (Å²) < 4.78 is 10.6. The van der Waals surface area contributed by atoms with Gasteiger partial charge in [-0.25, -0.2) is 0 Å². The molecule has 0 bridgehead atoms. The highest BCUT2D eigenvalue weighted by atomic mass is 32.1. The molecular weight excluding hydrogens is 404 g/mol. The fourth-order valence-corrected chi connectivity index (χ4v) is 2.95. The molecule has 0 aliphatic heterocycles. The number of nitrogens with one attached hydrogen (secondary N) is 4. The molecule has 0 saturated carbocycles. The predicted molar refractivity (Wildman–Crippen MR) is 127 cm³/mol. The molecule has 0 aromatic heterocycles. The van der Waals surface area contributed by atoms with E-state index in [4.69, 9.17) is 33.9 Å². The lowest BCUT2D eigenvalue weighted by Gasteiger charge is -2.15. The van der Waals surface area contributed by atoms with Crippen LogP contribution in [-0.2, 0) is 6.42 Å². The molecule has 29 heavy (non-hydrogen) atoms. The summed E-state index contributed by atoms with van der Waals surface area (Å²) >= 11 is 10.6. The monoisotopic (exact) mass is 432 g/mol. The van der Waals surface area contributed by atoms with Crippen molar-refractivity contribution in [3.63, 3.8) is 0 Å². The molecule has 2 rings (SSSR count). The van der Waals surface area contributed by atoms with Gasteiger partial charge in [0.15, 0.2) is 21.7 Å². The Kier molecular flexibility index (Phi) is 8.95. The topological polar surface area (TPSA) is 66.6 Å². The Balaban J connectivity index is 1.70. The molecule has 0 radical (unpaired) electrons. The summed E-state index contributed by atoms with van der Waals surface area (Å²) in [5.74, 6) is 1.92. The zero-order valence-electron chi connectivity index (χ0n) is 17.2. The van der Waals surface area contributed by atoms with Gasteiger partial charge in [-0.2, -0.15) is 0 Å². The summed E-state index contributed by atoms with van der Waals surface area (Å²) in [6.07, 6.45) is 0.785. The van der Waals surface area contributed by atoms with E-state index < -0.39 is 0 Å². The first-order chi connectivity index (χ1) is 13.9. The molecule has 0 atom stereocenters. The van der Waals surface area contributed by atoms with Crippen LogP contribution < -0.4 is 31.0 Å².